The van der Waals surface area contributed by atoms with E-state index in [9.17, 15) is 4.79 Å². The molecule has 1 aromatic heterocycles. The van der Waals surface area contributed by atoms with Crippen LogP contribution in [0.4, 0.5) is 0 Å². The van der Waals surface area contributed by atoms with Crippen molar-refractivity contribution in [3.63, 3.8) is 0 Å². The molecule has 0 aliphatic rings. The number of furan rings is 1. The number of hydrogen-bond acceptors (Lipinski definition) is 4. The lowest BCUT2D eigenvalue weighted by molar-refractivity contribution is 0.0526. The van der Waals surface area contributed by atoms with Crippen molar-refractivity contribution < 1.29 is 18.7 Å². The maximum atomic E-state index is 12.2. The minimum absolute atomic E-state index is 0.294. The number of esters is 1. The number of hydrogen-bond donors (Lipinski definition) is 0. The van der Waals surface area contributed by atoms with E-state index in [1.807, 2.05) is 6.07 Å². The average molecular weight is 458 g/mol. The van der Waals surface area contributed by atoms with Gasteiger partial charge in [-0.15, -0.1) is 0 Å². The number of rotatable bonds is 5. The fraction of sp³-hybridized carbons (Fsp3) is 0.211. The number of fused-ring (bicyclic) bond motifs is 1. The molecule has 0 bridgehead atoms. The van der Waals surface area contributed by atoms with Crippen LogP contribution in [0.25, 0.3) is 11.0 Å². The maximum absolute atomic E-state index is 12.2. The van der Waals surface area contributed by atoms with Gasteiger partial charge in [-0.3, -0.25) is 0 Å². The first-order valence-corrected chi connectivity index (χ1v) is 9.42. The molecule has 0 fully saturated rings. The highest BCUT2D eigenvalue weighted by atomic mass is 79.9. The molecule has 136 valence electrons. The van der Waals surface area contributed by atoms with Gasteiger partial charge in [0.2, 0.25) is 0 Å². The summed E-state index contributed by atoms with van der Waals surface area (Å²) < 4.78 is 17.4. The molecule has 7 heteroatoms. The van der Waals surface area contributed by atoms with Gasteiger partial charge >= 0.3 is 5.97 Å². The van der Waals surface area contributed by atoms with Crippen LogP contribution in [-0.4, -0.2) is 12.6 Å². The van der Waals surface area contributed by atoms with Crippen LogP contribution < -0.4 is 4.74 Å². The molecule has 2 aromatic carbocycles. The van der Waals surface area contributed by atoms with Crippen molar-refractivity contribution in [2.45, 2.75) is 20.5 Å². The second kappa shape index (κ2) is 7.91. The van der Waals surface area contributed by atoms with Crippen LogP contribution in [0.5, 0.6) is 5.75 Å². The highest BCUT2D eigenvalue weighted by Gasteiger charge is 2.21. The van der Waals surface area contributed by atoms with Gasteiger partial charge in [0.1, 0.15) is 29.3 Å². The lowest BCUT2D eigenvalue weighted by atomic mass is 10.1. The zero-order valence-corrected chi connectivity index (χ0v) is 17.2. The summed E-state index contributed by atoms with van der Waals surface area (Å²) >= 11 is 15.4. The number of ether oxygens (including phenoxy) is 2. The lowest BCUT2D eigenvalue weighted by Crippen LogP contribution is -2.05. The van der Waals surface area contributed by atoms with Crippen molar-refractivity contribution in [2.24, 2.45) is 0 Å². The minimum Gasteiger partial charge on any atom is -0.488 e. The zero-order chi connectivity index (χ0) is 18.8. The van der Waals surface area contributed by atoms with Crippen molar-refractivity contribution in [2.75, 3.05) is 6.61 Å². The van der Waals surface area contributed by atoms with Crippen LogP contribution >= 0.6 is 39.1 Å². The van der Waals surface area contributed by atoms with Crippen molar-refractivity contribution in [1.29, 1.82) is 0 Å². The SMILES string of the molecule is CCOC(=O)c1c(C)oc2cc(Br)c(OCc3ccc(Cl)c(Cl)c3)cc12. The predicted octanol–water partition coefficient (Wildman–Crippen LogP) is 6.57. The molecular formula is C19H15BrCl2O4. The third-order valence-electron chi connectivity index (χ3n) is 3.78. The highest BCUT2D eigenvalue weighted by Crippen LogP contribution is 2.36. The molecule has 4 nitrogen and oxygen atoms in total. The van der Waals surface area contributed by atoms with E-state index in [1.165, 1.54) is 0 Å². The third kappa shape index (κ3) is 3.85. The fourth-order valence-corrected chi connectivity index (χ4v) is 3.34. The van der Waals surface area contributed by atoms with Gasteiger partial charge in [-0.2, -0.15) is 0 Å². The Morgan fingerprint density at radius 1 is 1.19 bits per heavy atom. The topological polar surface area (TPSA) is 48.7 Å². The normalized spacial score (nSPS) is 11.0. The second-order valence-electron chi connectivity index (χ2n) is 5.57. The van der Waals surface area contributed by atoms with Crippen molar-refractivity contribution in [3.05, 3.63) is 61.7 Å². The highest BCUT2D eigenvalue weighted by molar-refractivity contribution is 9.10. The summed E-state index contributed by atoms with van der Waals surface area (Å²) in [4.78, 5) is 12.2. The molecule has 0 spiro atoms. The standard InChI is InChI=1S/C19H15BrCl2O4/c1-3-24-19(23)18-10(2)26-16-8-13(20)17(7-12(16)18)25-9-11-4-5-14(21)15(22)6-11/h4-8H,3,9H2,1-2H3. The number of carbonyl (C=O) groups excluding carboxylic acids is 1. The maximum Gasteiger partial charge on any atom is 0.342 e. The number of carbonyl (C=O) groups is 1. The van der Waals surface area contributed by atoms with Crippen LogP contribution in [0, 0.1) is 6.92 Å². The molecular weight excluding hydrogens is 443 g/mol. The molecule has 0 saturated carbocycles. The Kier molecular flexibility index (Phi) is 5.80. The molecule has 1 heterocycles. The Hall–Kier alpha value is -1.69. The van der Waals surface area contributed by atoms with Gasteiger partial charge in [0, 0.05) is 5.39 Å². The van der Waals surface area contributed by atoms with Gasteiger partial charge in [-0.05, 0) is 59.6 Å². The van der Waals surface area contributed by atoms with E-state index >= 15 is 0 Å². The van der Waals surface area contributed by atoms with Gasteiger partial charge in [0.25, 0.3) is 0 Å². The van der Waals surface area contributed by atoms with Gasteiger partial charge in [-0.1, -0.05) is 29.3 Å². The predicted molar refractivity (Wildman–Crippen MR) is 105 cm³/mol. The Labute approximate surface area is 169 Å². The van der Waals surface area contributed by atoms with Crippen LogP contribution in [0.2, 0.25) is 10.0 Å². The number of aryl methyl sites for hydroxylation is 1. The molecule has 3 rings (SSSR count). The molecule has 0 radical (unpaired) electrons. The van der Waals surface area contributed by atoms with Crippen molar-refractivity contribution >= 4 is 56.1 Å². The first-order valence-electron chi connectivity index (χ1n) is 7.87. The van der Waals surface area contributed by atoms with E-state index in [0.29, 0.717) is 55.8 Å². The summed E-state index contributed by atoms with van der Waals surface area (Å²) in [5.74, 6) is 0.670. The van der Waals surface area contributed by atoms with Crippen molar-refractivity contribution in [1.82, 2.24) is 0 Å². The fourth-order valence-electron chi connectivity index (χ4n) is 2.58. The Morgan fingerprint density at radius 2 is 1.96 bits per heavy atom. The summed E-state index contributed by atoms with van der Waals surface area (Å²) in [7, 11) is 0. The van der Waals surface area contributed by atoms with E-state index in [2.05, 4.69) is 15.9 Å². The van der Waals surface area contributed by atoms with Gasteiger partial charge in [0.15, 0.2) is 0 Å². The summed E-state index contributed by atoms with van der Waals surface area (Å²) in [6.45, 7) is 4.09. The molecule has 0 atom stereocenters. The lowest BCUT2D eigenvalue weighted by Gasteiger charge is -2.09. The number of halogens is 3. The molecule has 0 aliphatic carbocycles. The van der Waals surface area contributed by atoms with Crippen LogP contribution in [-0.2, 0) is 11.3 Å². The smallest absolute Gasteiger partial charge is 0.342 e. The first kappa shape index (κ1) is 19.1. The molecule has 0 N–H and O–H groups in total. The molecule has 0 unspecified atom stereocenters. The summed E-state index contributed by atoms with van der Waals surface area (Å²) in [6.07, 6.45) is 0. The van der Waals surface area contributed by atoms with E-state index in [1.54, 1.807) is 38.1 Å². The van der Waals surface area contributed by atoms with Crippen LogP contribution in [0.1, 0.15) is 28.6 Å². The second-order valence-corrected chi connectivity index (χ2v) is 7.24. The Bertz CT molecular complexity index is 981. The summed E-state index contributed by atoms with van der Waals surface area (Å²) in [5.41, 5.74) is 1.87. The largest absolute Gasteiger partial charge is 0.488 e. The van der Waals surface area contributed by atoms with Crippen LogP contribution in [0.15, 0.2) is 39.2 Å². The van der Waals surface area contributed by atoms with Crippen LogP contribution in [0.3, 0.4) is 0 Å². The first-order chi connectivity index (χ1) is 12.4. The summed E-state index contributed by atoms with van der Waals surface area (Å²) in [6, 6.07) is 8.85. The van der Waals surface area contributed by atoms with Gasteiger partial charge < -0.3 is 13.9 Å². The van der Waals surface area contributed by atoms with E-state index in [0.717, 1.165) is 5.56 Å². The monoisotopic (exact) mass is 456 g/mol. The van der Waals surface area contributed by atoms with Gasteiger partial charge in [-0.25, -0.2) is 4.79 Å². The summed E-state index contributed by atoms with van der Waals surface area (Å²) in [5, 5.41) is 1.61. The zero-order valence-electron chi connectivity index (χ0n) is 14.1. The molecule has 0 saturated heterocycles. The van der Waals surface area contributed by atoms with Gasteiger partial charge in [0.05, 0.1) is 21.1 Å². The third-order valence-corrected chi connectivity index (χ3v) is 5.14. The van der Waals surface area contributed by atoms with Crippen molar-refractivity contribution in [3.8, 4) is 5.75 Å². The molecule has 0 amide bonds. The minimum atomic E-state index is -0.415. The Morgan fingerprint density at radius 3 is 2.65 bits per heavy atom. The van der Waals surface area contributed by atoms with E-state index in [4.69, 9.17) is 37.1 Å². The van der Waals surface area contributed by atoms with E-state index < -0.39 is 5.97 Å². The Balaban J connectivity index is 1.92. The molecule has 26 heavy (non-hydrogen) atoms. The van der Waals surface area contributed by atoms with E-state index in [-0.39, 0.29) is 0 Å². The average Bonchev–Trinajstić information content (AvgIpc) is 2.90. The number of benzene rings is 2. The quantitative estimate of drug-likeness (QED) is 0.406. The molecule has 0 aliphatic heterocycles. The molecule has 3 aromatic rings.